The highest BCUT2D eigenvalue weighted by molar-refractivity contribution is 5.79. The molecule has 1 amide bonds. The van der Waals surface area contributed by atoms with Crippen LogP contribution in [0, 0.1) is 12.3 Å². The molecule has 1 fully saturated rings. The number of nitrogens with one attached hydrogen (secondary N) is 2. The molecule has 1 saturated heterocycles. The molecule has 0 saturated carbocycles. The van der Waals surface area contributed by atoms with Crippen LogP contribution < -0.4 is 16.4 Å². The van der Waals surface area contributed by atoms with Gasteiger partial charge in [-0.1, -0.05) is 30.3 Å². The molecule has 1 aliphatic heterocycles. The van der Waals surface area contributed by atoms with Gasteiger partial charge in [-0.05, 0) is 43.8 Å². The van der Waals surface area contributed by atoms with Crippen LogP contribution in [0.5, 0.6) is 0 Å². The van der Waals surface area contributed by atoms with Crippen LogP contribution >= 0.6 is 0 Å². The molecule has 1 aliphatic rings. The normalized spacial score (nSPS) is 23.2. The Bertz CT molecular complexity index is 394. The molecule has 1 heterocycles. The molecular weight excluding hydrogens is 238 g/mol. The van der Waals surface area contributed by atoms with Gasteiger partial charge >= 0.3 is 0 Å². The molecule has 4 nitrogen and oxygen atoms in total. The van der Waals surface area contributed by atoms with E-state index in [1.807, 2.05) is 18.2 Å². The summed E-state index contributed by atoms with van der Waals surface area (Å²) in [7, 11) is 0. The SMILES string of the molecule is NC(=O)C1CC([CH]CNCc2ccccc2)CCN1. The highest BCUT2D eigenvalue weighted by Crippen LogP contribution is 2.18. The Kier molecular flexibility index (Phi) is 5.36. The Balaban J connectivity index is 1.64. The summed E-state index contributed by atoms with van der Waals surface area (Å²) in [5.41, 5.74) is 6.62. The molecule has 0 bridgehead atoms. The second kappa shape index (κ2) is 7.26. The Hall–Kier alpha value is -1.39. The van der Waals surface area contributed by atoms with Crippen molar-refractivity contribution in [1.82, 2.24) is 10.6 Å². The molecule has 1 aromatic rings. The fourth-order valence-corrected chi connectivity index (χ4v) is 2.44. The minimum atomic E-state index is -0.240. The van der Waals surface area contributed by atoms with Crippen LogP contribution in [0.1, 0.15) is 18.4 Å². The second-order valence-corrected chi connectivity index (χ2v) is 5.05. The number of amides is 1. The van der Waals surface area contributed by atoms with Crippen LogP contribution in [0.3, 0.4) is 0 Å². The zero-order chi connectivity index (χ0) is 13.5. The molecule has 2 rings (SSSR count). The Morgan fingerprint density at radius 2 is 2.21 bits per heavy atom. The van der Waals surface area contributed by atoms with Gasteiger partial charge in [0.1, 0.15) is 0 Å². The van der Waals surface area contributed by atoms with Gasteiger partial charge < -0.3 is 16.4 Å². The number of rotatable bonds is 6. The number of benzene rings is 1. The van der Waals surface area contributed by atoms with Crippen molar-refractivity contribution in [2.45, 2.75) is 25.4 Å². The molecule has 1 radical (unpaired) electrons. The van der Waals surface area contributed by atoms with E-state index in [1.165, 1.54) is 5.56 Å². The predicted molar refractivity (Wildman–Crippen MR) is 76.2 cm³/mol. The lowest BCUT2D eigenvalue weighted by Crippen LogP contribution is -2.47. The van der Waals surface area contributed by atoms with E-state index >= 15 is 0 Å². The first-order valence-electron chi connectivity index (χ1n) is 6.86. The van der Waals surface area contributed by atoms with E-state index < -0.39 is 0 Å². The largest absolute Gasteiger partial charge is 0.368 e. The topological polar surface area (TPSA) is 67.2 Å². The second-order valence-electron chi connectivity index (χ2n) is 5.05. The van der Waals surface area contributed by atoms with Gasteiger partial charge in [-0.2, -0.15) is 0 Å². The van der Waals surface area contributed by atoms with Crippen molar-refractivity contribution in [3.63, 3.8) is 0 Å². The monoisotopic (exact) mass is 260 g/mol. The summed E-state index contributed by atoms with van der Waals surface area (Å²) < 4.78 is 0. The van der Waals surface area contributed by atoms with Crippen molar-refractivity contribution in [2.75, 3.05) is 13.1 Å². The summed E-state index contributed by atoms with van der Waals surface area (Å²) >= 11 is 0. The number of hydrogen-bond acceptors (Lipinski definition) is 3. The maximum absolute atomic E-state index is 11.1. The first kappa shape index (κ1) is 14.0. The Morgan fingerprint density at radius 1 is 1.42 bits per heavy atom. The maximum atomic E-state index is 11.1. The molecule has 0 aliphatic carbocycles. The fourth-order valence-electron chi connectivity index (χ4n) is 2.44. The van der Waals surface area contributed by atoms with E-state index in [0.717, 1.165) is 32.5 Å². The van der Waals surface area contributed by atoms with Gasteiger partial charge in [0.05, 0.1) is 6.04 Å². The molecular formula is C15H22N3O. The highest BCUT2D eigenvalue weighted by Gasteiger charge is 2.24. The lowest BCUT2D eigenvalue weighted by Gasteiger charge is -2.28. The average Bonchev–Trinajstić information content (AvgIpc) is 2.45. The number of hydrogen-bond donors (Lipinski definition) is 3. The molecule has 19 heavy (non-hydrogen) atoms. The van der Waals surface area contributed by atoms with Crippen LogP contribution in [0.2, 0.25) is 0 Å². The molecule has 0 spiro atoms. The first-order chi connectivity index (χ1) is 9.25. The van der Waals surface area contributed by atoms with E-state index in [1.54, 1.807) is 0 Å². The number of primary amides is 1. The molecule has 4 N–H and O–H groups in total. The van der Waals surface area contributed by atoms with E-state index in [-0.39, 0.29) is 11.9 Å². The summed E-state index contributed by atoms with van der Waals surface area (Å²) in [4.78, 5) is 11.1. The van der Waals surface area contributed by atoms with Crippen molar-refractivity contribution in [3.8, 4) is 0 Å². The van der Waals surface area contributed by atoms with E-state index in [0.29, 0.717) is 5.92 Å². The average molecular weight is 260 g/mol. The first-order valence-corrected chi connectivity index (χ1v) is 6.86. The van der Waals surface area contributed by atoms with Gasteiger partial charge in [0.2, 0.25) is 5.91 Å². The molecule has 2 unspecified atom stereocenters. The zero-order valence-electron chi connectivity index (χ0n) is 11.1. The van der Waals surface area contributed by atoms with E-state index in [2.05, 4.69) is 29.2 Å². The minimum absolute atomic E-state index is 0.163. The van der Waals surface area contributed by atoms with Gasteiger partial charge in [-0.25, -0.2) is 0 Å². The van der Waals surface area contributed by atoms with Crippen molar-refractivity contribution in [2.24, 2.45) is 11.7 Å². The van der Waals surface area contributed by atoms with E-state index in [4.69, 9.17) is 5.73 Å². The third-order valence-corrected chi connectivity index (χ3v) is 3.56. The van der Waals surface area contributed by atoms with Crippen molar-refractivity contribution in [3.05, 3.63) is 42.3 Å². The summed E-state index contributed by atoms with van der Waals surface area (Å²) in [6.45, 7) is 2.61. The van der Waals surface area contributed by atoms with Crippen LogP contribution in [-0.4, -0.2) is 25.0 Å². The van der Waals surface area contributed by atoms with Crippen LogP contribution in [0.4, 0.5) is 0 Å². The summed E-state index contributed by atoms with van der Waals surface area (Å²) in [5.74, 6) is 0.234. The Labute approximate surface area is 114 Å². The minimum Gasteiger partial charge on any atom is -0.368 e. The fraction of sp³-hybridized carbons (Fsp3) is 0.467. The van der Waals surface area contributed by atoms with Gasteiger partial charge in [-0.15, -0.1) is 0 Å². The van der Waals surface area contributed by atoms with Crippen molar-refractivity contribution >= 4 is 5.91 Å². The summed E-state index contributed by atoms with van der Waals surface area (Å²) in [6.07, 6.45) is 4.17. The summed E-state index contributed by atoms with van der Waals surface area (Å²) in [6, 6.07) is 10.2. The zero-order valence-corrected chi connectivity index (χ0v) is 11.1. The van der Waals surface area contributed by atoms with Gasteiger partial charge in [0.25, 0.3) is 0 Å². The third kappa shape index (κ3) is 4.65. The van der Waals surface area contributed by atoms with Gasteiger partial charge in [0.15, 0.2) is 0 Å². The number of carbonyl (C=O) groups excluding carboxylic acids is 1. The number of carbonyl (C=O) groups is 1. The third-order valence-electron chi connectivity index (χ3n) is 3.56. The van der Waals surface area contributed by atoms with Crippen molar-refractivity contribution < 1.29 is 4.79 Å². The van der Waals surface area contributed by atoms with E-state index in [9.17, 15) is 4.79 Å². The number of piperidine rings is 1. The maximum Gasteiger partial charge on any atom is 0.234 e. The molecule has 103 valence electrons. The molecule has 4 heteroatoms. The smallest absolute Gasteiger partial charge is 0.234 e. The van der Waals surface area contributed by atoms with Crippen molar-refractivity contribution in [1.29, 1.82) is 0 Å². The molecule has 2 atom stereocenters. The van der Waals surface area contributed by atoms with Crippen LogP contribution in [-0.2, 0) is 11.3 Å². The lowest BCUT2D eigenvalue weighted by molar-refractivity contribution is -0.120. The predicted octanol–water partition coefficient (Wildman–Crippen LogP) is 0.834. The standard InChI is InChI=1S/C15H22N3O/c16-15(19)14-10-12(7-9-18-14)6-8-17-11-13-4-2-1-3-5-13/h1-6,12,14,17-18H,7-11H2,(H2,16,19). The molecule has 0 aromatic heterocycles. The quantitative estimate of drug-likeness (QED) is 0.664. The van der Waals surface area contributed by atoms with Gasteiger partial charge in [0, 0.05) is 6.54 Å². The van der Waals surface area contributed by atoms with Crippen LogP contribution in [0.15, 0.2) is 30.3 Å². The van der Waals surface area contributed by atoms with Gasteiger partial charge in [-0.3, -0.25) is 4.79 Å². The molecule has 1 aromatic carbocycles. The lowest BCUT2D eigenvalue weighted by atomic mass is 9.89. The summed E-state index contributed by atoms with van der Waals surface area (Å²) in [5, 5.41) is 6.55. The van der Waals surface area contributed by atoms with Crippen LogP contribution in [0.25, 0.3) is 0 Å². The Morgan fingerprint density at radius 3 is 2.95 bits per heavy atom. The number of nitrogens with two attached hydrogens (primary N) is 1. The highest BCUT2D eigenvalue weighted by atomic mass is 16.1.